The molecule has 114 valence electrons. The Hall–Kier alpha value is -1.47. The Kier molecular flexibility index (Phi) is 5.30. The van der Waals surface area contributed by atoms with Crippen LogP contribution in [0.2, 0.25) is 0 Å². The van der Waals surface area contributed by atoms with Gasteiger partial charge in [-0.15, -0.1) is 0 Å². The lowest BCUT2D eigenvalue weighted by Crippen LogP contribution is -2.37. The molecule has 1 N–H and O–H groups in total. The number of carbonyl (C=O) groups is 2. The highest BCUT2D eigenvalue weighted by molar-refractivity contribution is 9.10. The van der Waals surface area contributed by atoms with Gasteiger partial charge in [0.05, 0.1) is 12.1 Å². The minimum absolute atomic E-state index is 0.0317. The minimum atomic E-state index is -0.883. The number of amides is 1. The zero-order valence-corrected chi connectivity index (χ0v) is 13.0. The topological polar surface area (TPSA) is 60.9 Å². The van der Waals surface area contributed by atoms with Crippen LogP contribution in [0.15, 0.2) is 22.7 Å². The number of nitrogens with zero attached hydrogens (tertiary/aromatic N) is 2. The number of aliphatic carboxylic acids is 1. The molecule has 0 aromatic heterocycles. The Balaban J connectivity index is 2.08. The van der Waals surface area contributed by atoms with E-state index in [1.807, 2.05) is 0 Å². The predicted molar refractivity (Wildman–Crippen MR) is 78.7 cm³/mol. The highest BCUT2D eigenvalue weighted by atomic mass is 79.9. The molecule has 1 aliphatic heterocycles. The molecule has 7 heteroatoms. The third kappa shape index (κ3) is 4.01. The Morgan fingerprint density at radius 2 is 2.00 bits per heavy atom. The van der Waals surface area contributed by atoms with Gasteiger partial charge in [0.15, 0.2) is 0 Å². The van der Waals surface area contributed by atoms with E-state index in [9.17, 15) is 14.0 Å². The molecule has 1 aliphatic rings. The fraction of sp³-hybridized carbons (Fsp3) is 0.429. The van der Waals surface area contributed by atoms with Gasteiger partial charge in [-0.1, -0.05) is 6.07 Å². The van der Waals surface area contributed by atoms with Crippen LogP contribution in [0.5, 0.6) is 0 Å². The summed E-state index contributed by atoms with van der Waals surface area (Å²) in [5.74, 6) is -1.80. The summed E-state index contributed by atoms with van der Waals surface area (Å²) in [5.41, 5.74) is 0.0317. The first-order valence-corrected chi connectivity index (χ1v) is 7.46. The van der Waals surface area contributed by atoms with E-state index in [-0.39, 0.29) is 18.0 Å². The fourth-order valence-corrected chi connectivity index (χ4v) is 2.90. The van der Waals surface area contributed by atoms with Crippen molar-refractivity contribution in [1.82, 2.24) is 9.80 Å². The van der Waals surface area contributed by atoms with Crippen LogP contribution >= 0.6 is 15.9 Å². The van der Waals surface area contributed by atoms with E-state index in [1.165, 1.54) is 12.1 Å². The third-order valence-corrected chi connectivity index (χ3v) is 4.07. The molecule has 0 radical (unpaired) electrons. The molecular weight excluding hydrogens is 343 g/mol. The van der Waals surface area contributed by atoms with Crippen LogP contribution in [0.25, 0.3) is 0 Å². The number of hydrogen-bond acceptors (Lipinski definition) is 3. The van der Waals surface area contributed by atoms with Crippen LogP contribution in [-0.2, 0) is 4.79 Å². The van der Waals surface area contributed by atoms with Gasteiger partial charge in [0.25, 0.3) is 5.91 Å². The number of halogens is 2. The fourth-order valence-electron chi connectivity index (χ4n) is 2.38. The lowest BCUT2D eigenvalue weighted by molar-refractivity contribution is -0.138. The average molecular weight is 359 g/mol. The lowest BCUT2D eigenvalue weighted by atomic mass is 10.2. The molecule has 0 aliphatic carbocycles. The van der Waals surface area contributed by atoms with Crippen LogP contribution in [-0.4, -0.2) is 59.5 Å². The maximum Gasteiger partial charge on any atom is 0.317 e. The Labute approximate surface area is 130 Å². The summed E-state index contributed by atoms with van der Waals surface area (Å²) >= 11 is 3.20. The maximum atomic E-state index is 13.8. The van der Waals surface area contributed by atoms with Gasteiger partial charge in [-0.05, 0) is 34.5 Å². The molecule has 1 aromatic carbocycles. The lowest BCUT2D eigenvalue weighted by Gasteiger charge is -2.22. The zero-order valence-electron chi connectivity index (χ0n) is 11.4. The van der Waals surface area contributed by atoms with E-state index < -0.39 is 11.8 Å². The van der Waals surface area contributed by atoms with Crippen molar-refractivity contribution in [3.05, 3.63) is 34.1 Å². The highest BCUT2D eigenvalue weighted by Gasteiger charge is 2.24. The molecule has 1 amide bonds. The van der Waals surface area contributed by atoms with Gasteiger partial charge in [0.1, 0.15) is 5.82 Å². The SMILES string of the molecule is O=C(O)CN1CCCN(C(=O)c2c(F)cccc2Br)CC1. The molecule has 0 atom stereocenters. The summed E-state index contributed by atoms with van der Waals surface area (Å²) < 4.78 is 14.3. The average Bonchev–Trinajstić information content (AvgIpc) is 2.63. The van der Waals surface area contributed by atoms with Gasteiger partial charge in [-0.3, -0.25) is 14.5 Å². The first kappa shape index (κ1) is 15.9. The molecule has 1 heterocycles. The Morgan fingerprint density at radius 3 is 2.67 bits per heavy atom. The second-order valence-corrected chi connectivity index (χ2v) is 5.77. The smallest absolute Gasteiger partial charge is 0.317 e. The van der Waals surface area contributed by atoms with E-state index in [2.05, 4.69) is 15.9 Å². The second kappa shape index (κ2) is 7.00. The van der Waals surface area contributed by atoms with E-state index in [1.54, 1.807) is 15.9 Å². The summed E-state index contributed by atoms with van der Waals surface area (Å²) in [5, 5.41) is 8.81. The second-order valence-electron chi connectivity index (χ2n) is 4.91. The monoisotopic (exact) mass is 358 g/mol. The number of carboxylic acids is 1. The van der Waals surface area contributed by atoms with Gasteiger partial charge in [0.2, 0.25) is 0 Å². The van der Waals surface area contributed by atoms with Crippen molar-refractivity contribution in [1.29, 1.82) is 0 Å². The van der Waals surface area contributed by atoms with Crippen molar-refractivity contribution >= 4 is 27.8 Å². The van der Waals surface area contributed by atoms with Crippen molar-refractivity contribution in [3.63, 3.8) is 0 Å². The molecule has 0 unspecified atom stereocenters. The number of carbonyl (C=O) groups excluding carboxylic acids is 1. The number of benzene rings is 1. The van der Waals surface area contributed by atoms with Gasteiger partial charge in [-0.2, -0.15) is 0 Å². The molecule has 0 saturated carbocycles. The molecule has 21 heavy (non-hydrogen) atoms. The van der Waals surface area contributed by atoms with E-state index in [4.69, 9.17) is 5.11 Å². The maximum absolute atomic E-state index is 13.8. The summed E-state index contributed by atoms with van der Waals surface area (Å²) in [7, 11) is 0. The van der Waals surface area contributed by atoms with Crippen molar-refractivity contribution in [2.75, 3.05) is 32.7 Å². The van der Waals surface area contributed by atoms with Crippen molar-refractivity contribution < 1.29 is 19.1 Å². The van der Waals surface area contributed by atoms with E-state index in [0.29, 0.717) is 37.1 Å². The normalized spacial score (nSPS) is 16.6. The van der Waals surface area contributed by atoms with Gasteiger partial charge in [0, 0.05) is 30.7 Å². The third-order valence-electron chi connectivity index (χ3n) is 3.41. The largest absolute Gasteiger partial charge is 0.480 e. The summed E-state index contributed by atoms with van der Waals surface area (Å²) in [4.78, 5) is 26.5. The first-order chi connectivity index (χ1) is 9.99. The zero-order chi connectivity index (χ0) is 15.4. The van der Waals surface area contributed by atoms with Crippen molar-refractivity contribution in [3.8, 4) is 0 Å². The molecule has 0 spiro atoms. The Morgan fingerprint density at radius 1 is 1.24 bits per heavy atom. The predicted octanol–water partition coefficient (Wildman–Crippen LogP) is 1.82. The van der Waals surface area contributed by atoms with Gasteiger partial charge in [-0.25, -0.2) is 4.39 Å². The summed E-state index contributed by atoms with van der Waals surface area (Å²) in [6, 6.07) is 4.42. The van der Waals surface area contributed by atoms with Crippen LogP contribution in [0.1, 0.15) is 16.8 Å². The van der Waals surface area contributed by atoms with Gasteiger partial charge < -0.3 is 10.0 Å². The van der Waals surface area contributed by atoms with Crippen LogP contribution in [0, 0.1) is 5.82 Å². The number of rotatable bonds is 3. The number of hydrogen-bond donors (Lipinski definition) is 1. The van der Waals surface area contributed by atoms with E-state index in [0.717, 1.165) is 0 Å². The Bertz CT molecular complexity index is 533. The van der Waals surface area contributed by atoms with Crippen LogP contribution in [0.3, 0.4) is 0 Å². The molecule has 2 rings (SSSR count). The van der Waals surface area contributed by atoms with Crippen molar-refractivity contribution in [2.45, 2.75) is 6.42 Å². The van der Waals surface area contributed by atoms with E-state index >= 15 is 0 Å². The number of carboxylic acid groups (broad SMARTS) is 1. The first-order valence-electron chi connectivity index (χ1n) is 6.66. The highest BCUT2D eigenvalue weighted by Crippen LogP contribution is 2.22. The van der Waals surface area contributed by atoms with Crippen LogP contribution < -0.4 is 0 Å². The molecule has 0 bridgehead atoms. The quantitative estimate of drug-likeness (QED) is 0.895. The standard InChI is InChI=1S/C14H16BrFN2O3/c15-10-3-1-4-11(16)13(10)14(21)18-6-2-5-17(7-8-18)9-12(19)20/h1,3-4H,2,5-9H2,(H,19,20). The minimum Gasteiger partial charge on any atom is -0.480 e. The van der Waals surface area contributed by atoms with Gasteiger partial charge >= 0.3 is 5.97 Å². The molecule has 1 fully saturated rings. The van der Waals surface area contributed by atoms with Crippen molar-refractivity contribution in [2.24, 2.45) is 0 Å². The molecule has 1 saturated heterocycles. The molecular formula is C14H16BrFN2O3. The molecule has 1 aromatic rings. The summed E-state index contributed by atoms with van der Waals surface area (Å²) in [6.45, 7) is 1.95. The van der Waals surface area contributed by atoms with Crippen LogP contribution in [0.4, 0.5) is 4.39 Å². The summed E-state index contributed by atoms with van der Waals surface area (Å²) in [6.07, 6.45) is 0.672. The molecule has 5 nitrogen and oxygen atoms in total.